The summed E-state index contributed by atoms with van der Waals surface area (Å²) in [5.74, 6) is -18.9. The lowest BCUT2D eigenvalue weighted by Crippen LogP contribution is -2.62. The number of thioether (sulfide) groups is 3. The fourth-order valence-electron chi connectivity index (χ4n) is 17.8. The lowest BCUT2D eigenvalue weighted by Gasteiger charge is -2.36. The van der Waals surface area contributed by atoms with Crippen molar-refractivity contribution in [1.82, 2.24) is 97.9 Å². The smallest absolute Gasteiger partial charge is 0.325 e. The standard InChI is InChI=1S/C102H149N21O23S3/c1-18-20-30-77-91(136)111-68(41-56(3)4)88(133)117-75(86(131)107-50-82(104)127)54-147-55-83(128)109-71(43-59-34-36-62(124)37-35-59)94(139)118(14)58(7)85(130)113-73(47-81(103)126)96(141)122-40-26-33-78(122)92(137)116-74(49-108-100(145)149-102(11,12)13)90(135)114-70(42-57(5)6)97(142)123-52-63(125)46-80(123)93(138)112-69(44-60-48-106-66-29-24-22-27-64(60)66)89(134)110-67(38-39-105-99(144)148-101(8,9)10)87(132)115-72(95(140)120(16)79(31-21-19-2)98(143)119(77)15)45-61-51-121(53-84(129)146-17)76-32-25-23-28-65(61)76/h22-25,27-29,32,34-37,48,51,56-58,63,67-75,77-80,106,124-125H,18-21,26,30-31,33,38-47,49-50,52-55H2,1-17H3,(H2,103,126)(H2,104,127)(H,105,144)(H,107,131)(H,108,145)(H,109,128)(H,110,134)(H,111,136)(H,112,138)(H,113,130)(H,114,135)(H,115,132)(H,116,137)(H,117,133)/t58-,63+,67-,68-,69-,70-,71-,72-,73-,74-,75-,77-,78-,79-,80-/m0/s1. The summed E-state index contributed by atoms with van der Waals surface area (Å²) in [6.07, 6.45) is 0.370. The second kappa shape index (κ2) is 56.5. The second-order valence-corrected chi connectivity index (χ2v) is 45.4. The Bertz CT molecular complexity index is 5610. The number of nitrogens with zero attached hydrogens (tertiary/aromatic N) is 6. The van der Waals surface area contributed by atoms with Gasteiger partial charge in [-0.1, -0.05) is 181 Å². The van der Waals surface area contributed by atoms with Gasteiger partial charge in [-0.05, 0) is 105 Å². The maximum absolute atomic E-state index is 16.3. The van der Waals surface area contributed by atoms with Gasteiger partial charge in [0.15, 0.2) is 0 Å². The van der Waals surface area contributed by atoms with Gasteiger partial charge < -0.3 is 124 Å². The molecule has 0 saturated carbocycles. The maximum atomic E-state index is 16.3. The van der Waals surface area contributed by atoms with Crippen molar-refractivity contribution in [1.29, 1.82) is 0 Å². The van der Waals surface area contributed by atoms with E-state index in [0.29, 0.717) is 64.2 Å². The molecule has 5 heterocycles. The number of aliphatic hydroxyl groups excluding tert-OH is 1. The summed E-state index contributed by atoms with van der Waals surface area (Å²) in [5.41, 5.74) is 13.6. The molecule has 3 saturated heterocycles. The van der Waals surface area contributed by atoms with Crippen LogP contribution in [0.25, 0.3) is 21.8 Å². The van der Waals surface area contributed by atoms with Gasteiger partial charge in [-0.3, -0.25) is 95.9 Å². The van der Waals surface area contributed by atoms with E-state index in [-0.39, 0.29) is 89.1 Å². The number of unbranched alkanes of at least 4 members (excludes halogenated alkanes) is 2. The van der Waals surface area contributed by atoms with Crippen LogP contribution in [0.5, 0.6) is 5.75 Å². The SMILES string of the molecule is CCCC[C@H]1C(=O)N(C)[C@@H](CCCC)C(=O)N[C@@H](CC(C)C)C(=O)N[C@H](C(=O)NCC(N)=O)CSCC(=O)N[C@@H](Cc2ccc(O)cc2)C(=O)N(C)[C@@H](C)C(=O)N[C@@H](CC(N)=O)C(=O)N2CCC[C@H]2C(=O)N[C@@H](CNC(=O)SC(C)(C)C)C(=O)N[C@@H](CC(C)C)C(=O)N2C[C@H](O)C[C@H]2C(=O)N[C@@H](Cc2c[nH]c3ccccc23)C(=O)N[C@@H](CCNC(=O)SC(C)(C)C)C(=O)N[C@@H](Cc2cn(CC(=O)OC)c3ccccc23)C(=O)N1C. The van der Waals surface area contributed by atoms with E-state index in [1.807, 2.05) is 13.8 Å². The summed E-state index contributed by atoms with van der Waals surface area (Å²) >= 11 is 2.56. The van der Waals surface area contributed by atoms with Crippen molar-refractivity contribution in [2.24, 2.45) is 23.3 Å². The number of aromatic hydroxyl groups is 1. The Morgan fingerprint density at radius 2 is 1.07 bits per heavy atom. The molecular weight excluding hydrogens is 1980 g/mol. The number of nitrogens with two attached hydrogens (primary N) is 2. The molecule has 3 aliphatic rings. The first kappa shape index (κ1) is 121. The van der Waals surface area contributed by atoms with Crippen LogP contribution in [0.15, 0.2) is 85.2 Å². The number of carbonyl (C=O) groups excluding carboxylic acids is 20. The van der Waals surface area contributed by atoms with E-state index in [2.05, 4.69) is 68.8 Å². The molecule has 0 unspecified atom stereocenters. The molecule has 3 aliphatic heterocycles. The third kappa shape index (κ3) is 36.4. The molecule has 0 spiro atoms. The van der Waals surface area contributed by atoms with Crippen LogP contribution in [0.2, 0.25) is 0 Å². The molecule has 47 heteroatoms. The normalized spacial score (nSPS) is 23.8. The van der Waals surface area contributed by atoms with Crippen LogP contribution in [-0.4, -0.2) is 334 Å². The van der Waals surface area contributed by atoms with Gasteiger partial charge in [0.2, 0.25) is 100 Å². The van der Waals surface area contributed by atoms with Crippen molar-refractivity contribution in [3.05, 3.63) is 102 Å². The van der Waals surface area contributed by atoms with Crippen molar-refractivity contribution in [3.63, 3.8) is 0 Å². The number of H-pyrrole nitrogens is 1. The number of aromatic nitrogens is 2. The molecule has 3 aromatic carbocycles. The van der Waals surface area contributed by atoms with Crippen molar-refractivity contribution >= 4 is 174 Å². The number of fused-ring (bicyclic) bond motifs is 4. The summed E-state index contributed by atoms with van der Waals surface area (Å²) in [4.78, 5) is 304. The molecule has 19 amide bonds. The number of amides is 19. The zero-order valence-corrected chi connectivity index (χ0v) is 90.3. The molecule has 44 nitrogen and oxygen atoms in total. The number of rotatable bonds is 28. The fraction of sp³-hybridized carbons (Fsp3) is 0.588. The Hall–Kier alpha value is -13.1. The maximum Gasteiger partial charge on any atom is 0.325 e. The van der Waals surface area contributed by atoms with E-state index in [0.717, 1.165) is 54.9 Å². The van der Waals surface area contributed by atoms with Crippen LogP contribution in [-0.2, 0) is 117 Å². The Labute approximate surface area is 880 Å². The van der Waals surface area contributed by atoms with E-state index in [1.165, 1.54) is 64.3 Å². The number of ether oxygens (including phenoxy) is 1. The summed E-state index contributed by atoms with van der Waals surface area (Å²) < 4.78 is 5.35. The van der Waals surface area contributed by atoms with Gasteiger partial charge in [0, 0.05) is 122 Å². The molecule has 5 aromatic rings. The predicted molar refractivity (Wildman–Crippen MR) is 562 cm³/mol. The highest BCUT2D eigenvalue weighted by Crippen LogP contribution is 2.31. The molecule has 8 rings (SSSR count). The summed E-state index contributed by atoms with van der Waals surface area (Å²) in [6.45, 7) is 19.8. The lowest BCUT2D eigenvalue weighted by molar-refractivity contribution is -0.149. The van der Waals surface area contributed by atoms with Crippen molar-refractivity contribution in [2.75, 3.05) is 72.5 Å². The predicted octanol–water partition coefficient (Wildman–Crippen LogP) is 2.41. The van der Waals surface area contributed by atoms with Gasteiger partial charge in [-0.2, -0.15) is 0 Å². The number of hydrogen-bond acceptors (Lipinski definition) is 26. The Kier molecular flexibility index (Phi) is 46.0. The first-order valence-electron chi connectivity index (χ1n) is 50.3. The fourth-order valence-corrected chi connectivity index (χ4v) is 20.1. The summed E-state index contributed by atoms with van der Waals surface area (Å²) in [5, 5.41) is 54.3. The molecular formula is C102H149N21O23S3. The van der Waals surface area contributed by atoms with Gasteiger partial charge in [-0.25, -0.2) is 0 Å². The minimum absolute atomic E-state index is 0.0153. The molecule has 149 heavy (non-hydrogen) atoms. The van der Waals surface area contributed by atoms with Gasteiger partial charge in [0.25, 0.3) is 10.5 Å². The van der Waals surface area contributed by atoms with E-state index in [9.17, 15) is 53.4 Å². The average molecular weight is 2130 g/mol. The third-order valence-corrected chi connectivity index (χ3v) is 28.5. The number of likely N-dealkylation sites (N-methyl/N-ethyl adjacent to an activating group) is 3. The van der Waals surface area contributed by atoms with E-state index >= 15 is 52.7 Å². The Balaban J connectivity index is 1.27. The number of aliphatic hydroxyl groups is 1. The minimum atomic E-state index is -1.82. The Morgan fingerprint density at radius 1 is 0.537 bits per heavy atom. The number of para-hydroxylation sites is 2. The van der Waals surface area contributed by atoms with Gasteiger partial charge in [-0.15, -0.1) is 11.8 Å². The highest BCUT2D eigenvalue weighted by molar-refractivity contribution is 8.14. The van der Waals surface area contributed by atoms with E-state index in [4.69, 9.17) is 16.2 Å². The molecule has 818 valence electrons. The van der Waals surface area contributed by atoms with Gasteiger partial charge >= 0.3 is 5.97 Å². The number of primary amides is 2. The molecule has 0 bridgehead atoms. The monoisotopic (exact) mass is 2130 g/mol. The first-order valence-corrected chi connectivity index (χ1v) is 53.1. The summed E-state index contributed by atoms with van der Waals surface area (Å²) in [7, 11) is 5.12. The molecule has 19 N–H and O–H groups in total. The average Bonchev–Trinajstić information content (AvgIpc) is 1.65. The van der Waals surface area contributed by atoms with Crippen molar-refractivity contribution in [3.8, 4) is 5.75 Å². The number of nitrogens with one attached hydrogen (secondary N) is 13. The molecule has 2 aromatic heterocycles. The number of hydrogen-bond donors (Lipinski definition) is 17. The van der Waals surface area contributed by atoms with Crippen LogP contribution in [0.3, 0.4) is 0 Å². The number of methoxy groups -OCH3 is 1. The van der Waals surface area contributed by atoms with Gasteiger partial charge in [0.1, 0.15) is 96.9 Å². The van der Waals surface area contributed by atoms with Gasteiger partial charge in [0.05, 0.1) is 31.9 Å². The number of carbonyl (C=O) groups is 20. The largest absolute Gasteiger partial charge is 0.508 e. The van der Waals surface area contributed by atoms with Crippen LogP contribution >= 0.6 is 35.3 Å². The number of aromatic amines is 1. The Morgan fingerprint density at radius 3 is 1.70 bits per heavy atom. The minimum Gasteiger partial charge on any atom is -0.508 e. The quantitative estimate of drug-likeness (QED) is 0.0320. The number of esters is 1. The van der Waals surface area contributed by atoms with Crippen LogP contribution in [0, 0.1) is 11.8 Å². The lowest BCUT2D eigenvalue weighted by atomic mass is 9.99. The zero-order valence-electron chi connectivity index (χ0n) is 87.9. The summed E-state index contributed by atoms with van der Waals surface area (Å²) in [6, 6.07) is -2.94. The second-order valence-electron chi connectivity index (χ2n) is 40.8. The zero-order chi connectivity index (χ0) is 110. The molecule has 0 radical (unpaired) electrons. The first-order chi connectivity index (χ1) is 70.2. The highest BCUT2D eigenvalue weighted by Gasteiger charge is 2.47. The van der Waals surface area contributed by atoms with Crippen molar-refractivity contribution in [2.45, 2.75) is 299 Å². The van der Waals surface area contributed by atoms with E-state index in [1.54, 1.807) is 135 Å². The number of benzene rings is 3. The molecule has 15 atom stereocenters. The van der Waals surface area contributed by atoms with Crippen LogP contribution < -0.4 is 75.3 Å². The number of phenolic OH excluding ortho intramolecular Hbond substituents is 1. The number of phenols is 1. The van der Waals surface area contributed by atoms with Crippen LogP contribution in [0.4, 0.5) is 9.59 Å². The van der Waals surface area contributed by atoms with Crippen LogP contribution in [0.1, 0.15) is 190 Å². The molecule has 0 aliphatic carbocycles. The topological polar surface area (TPSA) is 624 Å². The van der Waals surface area contributed by atoms with E-state index < -0.39 is 273 Å². The molecule has 3 fully saturated rings. The van der Waals surface area contributed by atoms with Crippen molar-refractivity contribution < 1.29 is 111 Å². The third-order valence-electron chi connectivity index (χ3n) is 25.6. The highest BCUT2D eigenvalue weighted by atomic mass is 32.2.